The summed E-state index contributed by atoms with van der Waals surface area (Å²) >= 11 is 1.42. The van der Waals surface area contributed by atoms with E-state index in [-0.39, 0.29) is 35.3 Å². The van der Waals surface area contributed by atoms with E-state index in [0.717, 1.165) is 24.3 Å². The van der Waals surface area contributed by atoms with E-state index in [1.54, 1.807) is 24.4 Å². The van der Waals surface area contributed by atoms with Gasteiger partial charge in [0.1, 0.15) is 5.69 Å². The number of fused-ring (bicyclic) bond motifs is 1. The van der Waals surface area contributed by atoms with Crippen LogP contribution < -0.4 is 10.1 Å². The van der Waals surface area contributed by atoms with Crippen molar-refractivity contribution in [3.05, 3.63) is 77.7 Å². The molecule has 3 heterocycles. The number of nitrogens with zero attached hydrogens (tertiary/aromatic N) is 4. The molecule has 0 bridgehead atoms. The van der Waals surface area contributed by atoms with E-state index in [0.29, 0.717) is 27.6 Å². The van der Waals surface area contributed by atoms with E-state index in [4.69, 9.17) is 9.72 Å². The molecule has 0 aliphatic rings. The smallest absolute Gasteiger partial charge is 0.416 e. The Bertz CT molecular complexity index is 1770. The zero-order chi connectivity index (χ0) is 28.5. The third-order valence-electron chi connectivity index (χ3n) is 6.00. The van der Waals surface area contributed by atoms with Gasteiger partial charge in [-0.15, -0.1) is 11.3 Å². The molecule has 5 rings (SSSR count). The number of alkyl halides is 3. The van der Waals surface area contributed by atoms with Gasteiger partial charge in [0.2, 0.25) is 5.95 Å². The molecule has 14 heteroatoms. The molecule has 0 aliphatic heterocycles. The van der Waals surface area contributed by atoms with E-state index in [1.165, 1.54) is 24.5 Å². The number of aromatic nitrogens is 4. The molecule has 208 valence electrons. The Balaban J connectivity index is 1.32. The minimum atomic E-state index is -4.54. The first kappa shape index (κ1) is 27.5. The number of hydrogen-bond donors (Lipinski definition) is 1. The van der Waals surface area contributed by atoms with Crippen molar-refractivity contribution in [3.8, 4) is 28.4 Å². The highest BCUT2D eigenvalue weighted by molar-refractivity contribution is 7.91. The largest absolute Gasteiger partial charge is 0.494 e. The van der Waals surface area contributed by atoms with Crippen molar-refractivity contribution in [1.29, 1.82) is 0 Å². The summed E-state index contributed by atoms with van der Waals surface area (Å²) in [6, 6.07) is 9.59. The lowest BCUT2D eigenvalue weighted by molar-refractivity contribution is -0.137. The fraction of sp³-hybridized carbons (Fsp3) is 0.192. The van der Waals surface area contributed by atoms with Crippen LogP contribution >= 0.6 is 11.3 Å². The number of benzene rings is 2. The molecule has 0 saturated heterocycles. The SMILES string of the molecule is COc1cc(-c2nc3sccn3c2-c2ccnc(NCCCS(=O)(=O)c3ccc(C(F)(F)F)cc3)n2)ccc1F. The van der Waals surface area contributed by atoms with E-state index >= 15 is 0 Å². The van der Waals surface area contributed by atoms with Gasteiger partial charge in [0.15, 0.2) is 26.4 Å². The van der Waals surface area contributed by atoms with Crippen LogP contribution in [0.15, 0.2) is 71.2 Å². The summed E-state index contributed by atoms with van der Waals surface area (Å²) in [5.74, 6) is -0.448. The summed E-state index contributed by atoms with van der Waals surface area (Å²) in [6.45, 7) is 0.200. The van der Waals surface area contributed by atoms with Gasteiger partial charge in [0.25, 0.3) is 0 Å². The van der Waals surface area contributed by atoms with Crippen LogP contribution in [0.25, 0.3) is 27.6 Å². The predicted molar refractivity (Wildman–Crippen MR) is 143 cm³/mol. The van der Waals surface area contributed by atoms with E-state index < -0.39 is 27.4 Å². The summed E-state index contributed by atoms with van der Waals surface area (Å²) in [6.07, 6.45) is -0.989. The summed E-state index contributed by atoms with van der Waals surface area (Å²) in [7, 11) is -2.40. The van der Waals surface area contributed by atoms with Gasteiger partial charge in [-0.2, -0.15) is 13.2 Å². The zero-order valence-corrected chi connectivity index (χ0v) is 22.4. The molecule has 3 aromatic heterocycles. The third-order valence-corrected chi connectivity index (χ3v) is 8.57. The Morgan fingerprint density at radius 3 is 2.58 bits per heavy atom. The molecule has 0 aliphatic carbocycles. The molecule has 0 amide bonds. The number of thiazole rings is 1. The summed E-state index contributed by atoms with van der Waals surface area (Å²) in [5, 5.41) is 4.87. The van der Waals surface area contributed by atoms with Gasteiger partial charge in [0, 0.05) is 29.9 Å². The van der Waals surface area contributed by atoms with Gasteiger partial charge < -0.3 is 10.1 Å². The number of nitrogens with one attached hydrogen (secondary N) is 1. The molecule has 0 radical (unpaired) electrons. The molecule has 1 N–H and O–H groups in total. The second-order valence-electron chi connectivity index (χ2n) is 8.60. The van der Waals surface area contributed by atoms with Gasteiger partial charge in [-0.05, 0) is 55.0 Å². The minimum absolute atomic E-state index is 0.0797. The molecule has 0 fully saturated rings. The van der Waals surface area contributed by atoms with Crippen LogP contribution in [0.1, 0.15) is 12.0 Å². The normalized spacial score (nSPS) is 12.1. The molecular formula is C26H21F4N5O3S2. The molecule has 40 heavy (non-hydrogen) atoms. The highest BCUT2D eigenvalue weighted by Gasteiger charge is 2.30. The minimum Gasteiger partial charge on any atom is -0.494 e. The lowest BCUT2D eigenvalue weighted by Gasteiger charge is -2.10. The van der Waals surface area contributed by atoms with Crippen molar-refractivity contribution in [3.63, 3.8) is 0 Å². The van der Waals surface area contributed by atoms with Crippen LogP contribution in [0.2, 0.25) is 0 Å². The van der Waals surface area contributed by atoms with Gasteiger partial charge >= 0.3 is 6.18 Å². The maximum absolute atomic E-state index is 14.0. The number of sulfone groups is 1. The zero-order valence-electron chi connectivity index (χ0n) is 20.8. The first-order valence-electron chi connectivity index (χ1n) is 11.8. The van der Waals surface area contributed by atoms with Crippen LogP contribution in [-0.2, 0) is 16.0 Å². The number of hydrogen-bond acceptors (Lipinski definition) is 8. The van der Waals surface area contributed by atoms with Gasteiger partial charge in [-0.25, -0.2) is 27.8 Å². The highest BCUT2D eigenvalue weighted by Crippen LogP contribution is 2.35. The Kier molecular flexibility index (Phi) is 7.47. The second-order valence-corrected chi connectivity index (χ2v) is 11.6. The number of halogens is 4. The molecule has 8 nitrogen and oxygen atoms in total. The number of methoxy groups -OCH3 is 1. The van der Waals surface area contributed by atoms with Crippen LogP contribution in [0.5, 0.6) is 5.75 Å². The van der Waals surface area contributed by atoms with E-state index in [1.807, 2.05) is 16.0 Å². The van der Waals surface area contributed by atoms with E-state index in [9.17, 15) is 26.0 Å². The maximum atomic E-state index is 14.0. The quantitative estimate of drug-likeness (QED) is 0.167. The van der Waals surface area contributed by atoms with Crippen molar-refractivity contribution in [2.24, 2.45) is 0 Å². The monoisotopic (exact) mass is 591 g/mol. The molecule has 5 aromatic rings. The van der Waals surface area contributed by atoms with Crippen molar-refractivity contribution < 1.29 is 30.7 Å². The molecule has 0 unspecified atom stereocenters. The van der Waals surface area contributed by atoms with E-state index in [2.05, 4.69) is 15.3 Å². The van der Waals surface area contributed by atoms with Crippen LogP contribution in [-0.4, -0.2) is 47.2 Å². The fourth-order valence-electron chi connectivity index (χ4n) is 4.05. The average molecular weight is 592 g/mol. The Morgan fingerprint density at radius 2 is 1.85 bits per heavy atom. The standard InChI is InChI=1S/C26H21F4N5O3S2/c1-38-21-15-16(3-8-19(21)27)22-23(35-12-13-39-25(35)34-22)20-9-11-32-24(33-20)31-10-2-14-40(36,37)18-6-4-17(5-7-18)26(28,29)30/h3-9,11-13,15H,2,10,14H2,1H3,(H,31,32,33). The predicted octanol–water partition coefficient (Wildman–Crippen LogP) is 5.96. The number of anilines is 1. The average Bonchev–Trinajstić information content (AvgIpc) is 3.53. The lowest BCUT2D eigenvalue weighted by Crippen LogP contribution is -2.13. The van der Waals surface area contributed by atoms with Crippen molar-refractivity contribution in [1.82, 2.24) is 19.4 Å². The van der Waals surface area contributed by atoms with Gasteiger partial charge in [-0.3, -0.25) is 4.40 Å². The Hall–Kier alpha value is -4.04. The van der Waals surface area contributed by atoms with Gasteiger partial charge in [-0.1, -0.05) is 0 Å². The summed E-state index contributed by atoms with van der Waals surface area (Å²) < 4.78 is 84.4. The molecular weight excluding hydrogens is 570 g/mol. The van der Waals surface area contributed by atoms with Crippen molar-refractivity contribution >= 4 is 32.1 Å². The Labute approximate surface area is 230 Å². The van der Waals surface area contributed by atoms with Crippen LogP contribution in [0.4, 0.5) is 23.5 Å². The second kappa shape index (κ2) is 10.8. The maximum Gasteiger partial charge on any atom is 0.416 e. The van der Waals surface area contributed by atoms with Crippen molar-refractivity contribution in [2.75, 3.05) is 24.7 Å². The molecule has 2 aromatic carbocycles. The van der Waals surface area contributed by atoms with Gasteiger partial charge in [0.05, 0.1) is 34.7 Å². The number of rotatable bonds is 9. The summed E-state index contributed by atoms with van der Waals surface area (Å²) in [5.41, 5.74) is 1.47. The first-order valence-corrected chi connectivity index (χ1v) is 14.4. The summed E-state index contributed by atoms with van der Waals surface area (Å²) in [4.78, 5) is 14.0. The van der Waals surface area contributed by atoms with Crippen LogP contribution in [0.3, 0.4) is 0 Å². The topological polar surface area (TPSA) is 98.5 Å². The molecule has 0 atom stereocenters. The number of ether oxygens (including phenoxy) is 1. The number of imidazole rings is 1. The first-order chi connectivity index (χ1) is 19.1. The third kappa shape index (κ3) is 5.63. The fourth-order valence-corrected chi connectivity index (χ4v) is 6.07. The molecule has 0 saturated carbocycles. The highest BCUT2D eigenvalue weighted by atomic mass is 32.2. The molecule has 0 spiro atoms. The van der Waals surface area contributed by atoms with Crippen LogP contribution in [0, 0.1) is 5.82 Å². The lowest BCUT2D eigenvalue weighted by atomic mass is 10.1. The Morgan fingerprint density at radius 1 is 1.07 bits per heavy atom. The van der Waals surface area contributed by atoms with Crippen molar-refractivity contribution in [2.45, 2.75) is 17.5 Å².